The Balaban J connectivity index is 2.37. The van der Waals surface area contributed by atoms with E-state index in [9.17, 15) is 4.79 Å². The van der Waals surface area contributed by atoms with Crippen molar-refractivity contribution in [3.63, 3.8) is 0 Å². The molecule has 6 heteroatoms. The van der Waals surface area contributed by atoms with Gasteiger partial charge in [0.15, 0.2) is 5.82 Å². The van der Waals surface area contributed by atoms with E-state index in [1.807, 2.05) is 30.3 Å². The summed E-state index contributed by atoms with van der Waals surface area (Å²) in [4.78, 5) is 19.9. The number of nitrogen functional groups attached to an aromatic ring is 1. The predicted octanol–water partition coefficient (Wildman–Crippen LogP) is 1.40. The molecule has 1 heterocycles. The molecule has 5 N–H and O–H groups in total. The Hall–Kier alpha value is -2.63. The van der Waals surface area contributed by atoms with Crippen LogP contribution in [0.3, 0.4) is 0 Å². The molecule has 2 rings (SSSR count). The minimum atomic E-state index is -0.922. The third-order valence-electron chi connectivity index (χ3n) is 2.83. The fourth-order valence-electron chi connectivity index (χ4n) is 1.63. The van der Waals surface area contributed by atoms with Crippen molar-refractivity contribution in [2.75, 3.05) is 11.1 Å². The lowest BCUT2D eigenvalue weighted by Crippen LogP contribution is -2.45. The summed E-state index contributed by atoms with van der Waals surface area (Å²) >= 11 is 0. The summed E-state index contributed by atoms with van der Waals surface area (Å²) in [5, 5.41) is 2.96. The summed E-state index contributed by atoms with van der Waals surface area (Å²) in [5.41, 5.74) is 11.0. The molecule has 0 aliphatic rings. The number of rotatable bonds is 4. The number of primary amides is 1. The number of anilines is 2. The molecule has 0 saturated carbocycles. The topological polar surface area (TPSA) is 107 Å². The van der Waals surface area contributed by atoms with E-state index >= 15 is 0 Å². The van der Waals surface area contributed by atoms with Gasteiger partial charge in [-0.3, -0.25) is 4.79 Å². The van der Waals surface area contributed by atoms with Gasteiger partial charge in [-0.1, -0.05) is 30.3 Å². The van der Waals surface area contributed by atoms with Gasteiger partial charge in [0.1, 0.15) is 17.2 Å². The first-order chi connectivity index (χ1) is 9.38. The average molecular weight is 271 g/mol. The highest BCUT2D eigenvalue weighted by Crippen LogP contribution is 2.20. The molecule has 104 valence electrons. The molecular formula is C14H17N5O. The van der Waals surface area contributed by atoms with Crippen LogP contribution in [0.5, 0.6) is 0 Å². The fraction of sp³-hybridized carbons (Fsp3) is 0.214. The second kappa shape index (κ2) is 5.16. The molecule has 1 amide bonds. The van der Waals surface area contributed by atoms with Gasteiger partial charge in [0.05, 0.1) is 0 Å². The molecule has 1 aromatic carbocycles. The van der Waals surface area contributed by atoms with E-state index < -0.39 is 11.4 Å². The third kappa shape index (κ3) is 3.03. The minimum absolute atomic E-state index is 0.321. The van der Waals surface area contributed by atoms with Crippen LogP contribution in [0.15, 0.2) is 36.4 Å². The van der Waals surface area contributed by atoms with Gasteiger partial charge >= 0.3 is 0 Å². The highest BCUT2D eigenvalue weighted by molar-refractivity contribution is 5.86. The molecule has 2 aromatic rings. The zero-order valence-electron chi connectivity index (χ0n) is 11.4. The number of nitrogens with zero attached hydrogens (tertiary/aromatic N) is 2. The lowest BCUT2D eigenvalue weighted by atomic mass is 10.1. The normalized spacial score (nSPS) is 11.1. The number of hydrogen-bond donors (Lipinski definition) is 3. The van der Waals surface area contributed by atoms with Gasteiger partial charge in [0.2, 0.25) is 5.91 Å². The summed E-state index contributed by atoms with van der Waals surface area (Å²) in [5.74, 6) is 0.797. The van der Waals surface area contributed by atoms with E-state index in [4.69, 9.17) is 11.5 Å². The molecule has 0 spiro atoms. The predicted molar refractivity (Wildman–Crippen MR) is 78.8 cm³/mol. The quantitative estimate of drug-likeness (QED) is 0.779. The first-order valence-corrected chi connectivity index (χ1v) is 6.16. The Labute approximate surface area is 117 Å². The molecule has 0 radical (unpaired) electrons. The van der Waals surface area contributed by atoms with Gasteiger partial charge in [-0.15, -0.1) is 0 Å². The van der Waals surface area contributed by atoms with Crippen molar-refractivity contribution in [3.8, 4) is 11.4 Å². The standard InChI is InChI=1S/C14H17N5O/c1-14(2,13(16)20)19-11-8-10(15)17-12(18-11)9-6-4-3-5-7-9/h3-8H,1-2H3,(H2,16,20)(H3,15,17,18,19). The SMILES string of the molecule is CC(C)(Nc1cc(N)nc(-c2ccccc2)n1)C(N)=O. The highest BCUT2D eigenvalue weighted by Gasteiger charge is 2.25. The molecule has 0 aliphatic heterocycles. The van der Waals surface area contributed by atoms with Crippen LogP contribution in [0.4, 0.5) is 11.6 Å². The van der Waals surface area contributed by atoms with Crippen molar-refractivity contribution in [2.45, 2.75) is 19.4 Å². The zero-order valence-corrected chi connectivity index (χ0v) is 11.4. The number of nitrogens with two attached hydrogens (primary N) is 2. The number of nitrogens with one attached hydrogen (secondary N) is 1. The van der Waals surface area contributed by atoms with Gasteiger partial charge in [-0.25, -0.2) is 9.97 Å². The summed E-state index contributed by atoms with van der Waals surface area (Å²) in [7, 11) is 0. The minimum Gasteiger partial charge on any atom is -0.384 e. The van der Waals surface area contributed by atoms with E-state index in [0.717, 1.165) is 5.56 Å². The molecular weight excluding hydrogens is 254 g/mol. The zero-order chi connectivity index (χ0) is 14.8. The van der Waals surface area contributed by atoms with Crippen molar-refractivity contribution < 1.29 is 4.79 Å². The number of amides is 1. The van der Waals surface area contributed by atoms with Gasteiger partial charge in [-0.05, 0) is 13.8 Å². The molecule has 20 heavy (non-hydrogen) atoms. The fourth-order valence-corrected chi connectivity index (χ4v) is 1.63. The van der Waals surface area contributed by atoms with Crippen LogP contribution >= 0.6 is 0 Å². The van der Waals surface area contributed by atoms with E-state index in [0.29, 0.717) is 17.5 Å². The smallest absolute Gasteiger partial charge is 0.242 e. The van der Waals surface area contributed by atoms with E-state index in [-0.39, 0.29) is 0 Å². The van der Waals surface area contributed by atoms with Crippen LogP contribution in [0.25, 0.3) is 11.4 Å². The number of carbonyl (C=O) groups is 1. The molecule has 0 aliphatic carbocycles. The highest BCUT2D eigenvalue weighted by atomic mass is 16.1. The first kappa shape index (κ1) is 13.8. The van der Waals surface area contributed by atoms with Crippen molar-refractivity contribution in [1.82, 2.24) is 9.97 Å². The van der Waals surface area contributed by atoms with Crippen LogP contribution in [0.2, 0.25) is 0 Å². The second-order valence-corrected chi connectivity index (χ2v) is 4.98. The lowest BCUT2D eigenvalue weighted by Gasteiger charge is -2.23. The Morgan fingerprint density at radius 2 is 1.85 bits per heavy atom. The van der Waals surface area contributed by atoms with Crippen LogP contribution in [-0.2, 0) is 4.79 Å². The Kier molecular flexibility index (Phi) is 3.56. The average Bonchev–Trinajstić information content (AvgIpc) is 2.38. The van der Waals surface area contributed by atoms with Crippen LogP contribution < -0.4 is 16.8 Å². The monoisotopic (exact) mass is 271 g/mol. The van der Waals surface area contributed by atoms with E-state index in [1.54, 1.807) is 19.9 Å². The maximum Gasteiger partial charge on any atom is 0.242 e. The van der Waals surface area contributed by atoms with Crippen LogP contribution in [0, 0.1) is 0 Å². The third-order valence-corrected chi connectivity index (χ3v) is 2.83. The van der Waals surface area contributed by atoms with Crippen molar-refractivity contribution in [2.24, 2.45) is 5.73 Å². The second-order valence-electron chi connectivity index (χ2n) is 4.98. The van der Waals surface area contributed by atoms with Crippen molar-refractivity contribution >= 4 is 17.5 Å². The van der Waals surface area contributed by atoms with Crippen LogP contribution in [0.1, 0.15) is 13.8 Å². The molecule has 0 saturated heterocycles. The summed E-state index contributed by atoms with van der Waals surface area (Å²) < 4.78 is 0. The summed E-state index contributed by atoms with van der Waals surface area (Å²) in [6.45, 7) is 3.35. The van der Waals surface area contributed by atoms with Gasteiger partial charge in [0.25, 0.3) is 0 Å². The molecule has 0 fully saturated rings. The number of hydrogen-bond acceptors (Lipinski definition) is 5. The van der Waals surface area contributed by atoms with Gasteiger partial charge < -0.3 is 16.8 Å². The van der Waals surface area contributed by atoms with E-state index in [1.165, 1.54) is 0 Å². The molecule has 6 nitrogen and oxygen atoms in total. The molecule has 0 unspecified atom stereocenters. The Morgan fingerprint density at radius 3 is 2.45 bits per heavy atom. The Bertz CT molecular complexity index is 625. The molecule has 0 atom stereocenters. The molecule has 1 aromatic heterocycles. The summed E-state index contributed by atoms with van der Waals surface area (Å²) in [6.07, 6.45) is 0. The number of aromatic nitrogens is 2. The van der Waals surface area contributed by atoms with Crippen molar-refractivity contribution in [3.05, 3.63) is 36.4 Å². The maximum atomic E-state index is 11.4. The Morgan fingerprint density at radius 1 is 1.20 bits per heavy atom. The largest absolute Gasteiger partial charge is 0.384 e. The maximum absolute atomic E-state index is 11.4. The number of benzene rings is 1. The first-order valence-electron chi connectivity index (χ1n) is 6.16. The summed E-state index contributed by atoms with van der Waals surface area (Å²) in [6, 6.07) is 11.0. The van der Waals surface area contributed by atoms with Crippen LogP contribution in [-0.4, -0.2) is 21.4 Å². The molecule has 0 bridgehead atoms. The van der Waals surface area contributed by atoms with Crippen molar-refractivity contribution in [1.29, 1.82) is 0 Å². The van der Waals surface area contributed by atoms with Gasteiger partial charge in [-0.2, -0.15) is 0 Å². The lowest BCUT2D eigenvalue weighted by molar-refractivity contribution is -0.121. The van der Waals surface area contributed by atoms with E-state index in [2.05, 4.69) is 15.3 Å². The number of carbonyl (C=O) groups excluding carboxylic acids is 1. The van der Waals surface area contributed by atoms with Gasteiger partial charge in [0, 0.05) is 11.6 Å².